The van der Waals surface area contributed by atoms with Gasteiger partial charge in [0.15, 0.2) is 0 Å². The van der Waals surface area contributed by atoms with Gasteiger partial charge in [-0.05, 0) is 42.0 Å². The van der Waals surface area contributed by atoms with Crippen molar-refractivity contribution in [2.45, 2.75) is 52.5 Å². The van der Waals surface area contributed by atoms with E-state index in [9.17, 15) is 4.79 Å². The van der Waals surface area contributed by atoms with E-state index in [2.05, 4.69) is 66.0 Å². The minimum atomic E-state index is 0.0944. The minimum absolute atomic E-state index is 0.0944. The van der Waals surface area contributed by atoms with E-state index in [4.69, 9.17) is 0 Å². The molecule has 1 amide bonds. The molecule has 1 aromatic heterocycles. The summed E-state index contributed by atoms with van der Waals surface area (Å²) in [5, 5.41) is 3.03. The van der Waals surface area contributed by atoms with Crippen LogP contribution in [0.4, 0.5) is 0 Å². The van der Waals surface area contributed by atoms with Gasteiger partial charge in [0.05, 0.1) is 11.0 Å². The molecular weight excluding hydrogens is 334 g/mol. The second-order valence-corrected chi connectivity index (χ2v) is 8.10. The molecule has 0 saturated heterocycles. The van der Waals surface area contributed by atoms with E-state index in [-0.39, 0.29) is 11.3 Å². The van der Waals surface area contributed by atoms with Crippen LogP contribution in [-0.4, -0.2) is 22.0 Å². The van der Waals surface area contributed by atoms with Crippen molar-refractivity contribution >= 4 is 16.9 Å². The highest BCUT2D eigenvalue weighted by atomic mass is 16.1. The van der Waals surface area contributed by atoms with E-state index in [0.717, 1.165) is 29.8 Å². The highest BCUT2D eigenvalue weighted by Gasteiger charge is 2.13. The van der Waals surface area contributed by atoms with Crippen molar-refractivity contribution in [1.29, 1.82) is 0 Å². The molecule has 0 aliphatic heterocycles. The molecule has 0 bridgehead atoms. The van der Waals surface area contributed by atoms with E-state index in [0.29, 0.717) is 13.0 Å². The summed E-state index contributed by atoms with van der Waals surface area (Å²) in [6.45, 7) is 9.98. The van der Waals surface area contributed by atoms with Gasteiger partial charge < -0.3 is 9.88 Å². The normalized spacial score (nSPS) is 11.7. The van der Waals surface area contributed by atoms with Gasteiger partial charge in [0, 0.05) is 19.5 Å². The lowest BCUT2D eigenvalue weighted by Crippen LogP contribution is -2.27. The van der Waals surface area contributed by atoms with Crippen molar-refractivity contribution in [2.24, 2.45) is 0 Å². The number of nitrogens with one attached hydrogen (secondary N) is 1. The first kappa shape index (κ1) is 19.2. The number of imidazole rings is 1. The first-order valence-electron chi connectivity index (χ1n) is 9.62. The maximum absolute atomic E-state index is 12.2. The first-order chi connectivity index (χ1) is 12.8. The van der Waals surface area contributed by atoms with Crippen LogP contribution in [0.25, 0.3) is 11.0 Å². The summed E-state index contributed by atoms with van der Waals surface area (Å²) in [7, 11) is 0. The van der Waals surface area contributed by atoms with Crippen molar-refractivity contribution in [1.82, 2.24) is 14.9 Å². The average molecular weight is 364 g/mol. The molecule has 2 aromatic carbocycles. The number of aromatic nitrogens is 2. The maximum atomic E-state index is 12.2. The fraction of sp³-hybridized carbons (Fsp3) is 0.391. The Balaban J connectivity index is 1.48. The number of hydrogen-bond acceptors (Lipinski definition) is 2. The molecule has 0 saturated carbocycles. The third-order valence-corrected chi connectivity index (χ3v) is 4.96. The molecule has 4 heteroatoms. The summed E-state index contributed by atoms with van der Waals surface area (Å²) in [4.78, 5) is 16.7. The Morgan fingerprint density at radius 1 is 1.07 bits per heavy atom. The topological polar surface area (TPSA) is 46.9 Å². The molecule has 142 valence electrons. The van der Waals surface area contributed by atoms with Crippen LogP contribution in [0.1, 0.15) is 44.1 Å². The largest absolute Gasteiger partial charge is 0.354 e. The molecule has 0 fully saturated rings. The van der Waals surface area contributed by atoms with Crippen LogP contribution >= 0.6 is 0 Å². The number of amides is 1. The highest BCUT2D eigenvalue weighted by Crippen LogP contribution is 2.22. The lowest BCUT2D eigenvalue weighted by molar-refractivity contribution is -0.121. The molecule has 1 N–H and O–H groups in total. The molecule has 0 aliphatic carbocycles. The molecule has 27 heavy (non-hydrogen) atoms. The Morgan fingerprint density at radius 2 is 1.78 bits per heavy atom. The maximum Gasteiger partial charge on any atom is 0.220 e. The van der Waals surface area contributed by atoms with Gasteiger partial charge in [-0.25, -0.2) is 4.98 Å². The third-order valence-electron chi connectivity index (χ3n) is 4.96. The predicted molar refractivity (Wildman–Crippen MR) is 111 cm³/mol. The van der Waals surface area contributed by atoms with E-state index in [1.165, 1.54) is 11.1 Å². The summed E-state index contributed by atoms with van der Waals surface area (Å²) < 4.78 is 2.15. The lowest BCUT2D eigenvalue weighted by Gasteiger charge is -2.19. The molecule has 3 rings (SSSR count). The zero-order valence-corrected chi connectivity index (χ0v) is 16.7. The van der Waals surface area contributed by atoms with E-state index < -0.39 is 0 Å². The average Bonchev–Trinajstić information content (AvgIpc) is 2.95. The Bertz CT molecular complexity index is 917. The zero-order chi connectivity index (χ0) is 19.4. The van der Waals surface area contributed by atoms with Crippen LogP contribution in [0.15, 0.2) is 48.5 Å². The fourth-order valence-corrected chi connectivity index (χ4v) is 3.30. The van der Waals surface area contributed by atoms with Gasteiger partial charge in [0.2, 0.25) is 5.91 Å². The van der Waals surface area contributed by atoms with Gasteiger partial charge in [0.1, 0.15) is 5.82 Å². The van der Waals surface area contributed by atoms with Crippen LogP contribution in [0, 0.1) is 6.92 Å². The summed E-state index contributed by atoms with van der Waals surface area (Å²) >= 11 is 0. The van der Waals surface area contributed by atoms with Crippen LogP contribution in [-0.2, 0) is 23.2 Å². The standard InChI is InChI=1S/C23H29N3O/c1-17-25-20-7-5-6-8-21(20)26(17)16-15-24-22(27)14-11-18-9-12-19(13-10-18)23(2,3)4/h5-10,12-13H,11,14-16H2,1-4H3,(H,24,27). The number of nitrogens with zero attached hydrogens (tertiary/aromatic N) is 2. The number of carbonyl (C=O) groups excluding carboxylic acids is 1. The molecular formula is C23H29N3O. The van der Waals surface area contributed by atoms with Crippen molar-refractivity contribution in [2.75, 3.05) is 6.54 Å². The molecule has 1 heterocycles. The Morgan fingerprint density at radius 3 is 2.48 bits per heavy atom. The molecule has 0 unspecified atom stereocenters. The summed E-state index contributed by atoms with van der Waals surface area (Å²) in [5.74, 6) is 1.07. The minimum Gasteiger partial charge on any atom is -0.354 e. The summed E-state index contributed by atoms with van der Waals surface area (Å²) in [5.41, 5.74) is 4.79. The smallest absolute Gasteiger partial charge is 0.220 e. The number of hydrogen-bond donors (Lipinski definition) is 1. The molecule has 0 aliphatic rings. The molecule has 4 nitrogen and oxygen atoms in total. The Hall–Kier alpha value is -2.62. The van der Waals surface area contributed by atoms with Crippen molar-refractivity contribution in [3.05, 3.63) is 65.5 Å². The summed E-state index contributed by atoms with van der Waals surface area (Å²) in [6.07, 6.45) is 1.28. The number of fused-ring (bicyclic) bond motifs is 1. The molecule has 0 spiro atoms. The number of carbonyl (C=O) groups is 1. The second kappa shape index (κ2) is 7.95. The fourth-order valence-electron chi connectivity index (χ4n) is 3.30. The highest BCUT2D eigenvalue weighted by molar-refractivity contribution is 5.77. The van der Waals surface area contributed by atoms with Gasteiger partial charge >= 0.3 is 0 Å². The SMILES string of the molecule is Cc1nc2ccccc2n1CCNC(=O)CCc1ccc(C(C)(C)C)cc1. The molecule has 0 atom stereocenters. The Kier molecular flexibility index (Phi) is 5.64. The van der Waals surface area contributed by atoms with Crippen molar-refractivity contribution < 1.29 is 4.79 Å². The van der Waals surface area contributed by atoms with Crippen molar-refractivity contribution in [3.8, 4) is 0 Å². The summed E-state index contributed by atoms with van der Waals surface area (Å²) in [6, 6.07) is 16.7. The third kappa shape index (κ3) is 4.76. The number of aryl methyl sites for hydroxylation is 2. The van der Waals surface area contributed by atoms with E-state index >= 15 is 0 Å². The number of rotatable bonds is 6. The van der Waals surface area contributed by atoms with Gasteiger partial charge in [-0.15, -0.1) is 0 Å². The molecule has 3 aromatic rings. The lowest BCUT2D eigenvalue weighted by atomic mass is 9.86. The first-order valence-corrected chi connectivity index (χ1v) is 9.62. The van der Waals surface area contributed by atoms with Crippen LogP contribution < -0.4 is 5.32 Å². The van der Waals surface area contributed by atoms with Gasteiger partial charge in [-0.2, -0.15) is 0 Å². The quantitative estimate of drug-likeness (QED) is 0.706. The number of para-hydroxylation sites is 2. The van der Waals surface area contributed by atoms with Crippen LogP contribution in [0.2, 0.25) is 0 Å². The van der Waals surface area contributed by atoms with E-state index in [1.54, 1.807) is 0 Å². The van der Waals surface area contributed by atoms with Crippen molar-refractivity contribution in [3.63, 3.8) is 0 Å². The zero-order valence-electron chi connectivity index (χ0n) is 16.7. The van der Waals surface area contributed by atoms with Gasteiger partial charge in [-0.1, -0.05) is 57.2 Å². The number of benzene rings is 2. The second-order valence-electron chi connectivity index (χ2n) is 8.10. The Labute approximate surface area is 161 Å². The monoisotopic (exact) mass is 363 g/mol. The van der Waals surface area contributed by atoms with E-state index in [1.807, 2.05) is 25.1 Å². The van der Waals surface area contributed by atoms with Gasteiger partial charge in [0.25, 0.3) is 0 Å². The van der Waals surface area contributed by atoms with Crippen LogP contribution in [0.3, 0.4) is 0 Å². The predicted octanol–water partition coefficient (Wildman–Crippen LogP) is 4.39. The van der Waals surface area contributed by atoms with Crippen LogP contribution in [0.5, 0.6) is 0 Å². The molecule has 0 radical (unpaired) electrons. The van der Waals surface area contributed by atoms with Gasteiger partial charge in [-0.3, -0.25) is 4.79 Å².